The van der Waals surface area contributed by atoms with E-state index >= 15 is 0 Å². The molecule has 0 radical (unpaired) electrons. The summed E-state index contributed by atoms with van der Waals surface area (Å²) in [7, 11) is 0.0794. The molecule has 0 saturated carbocycles. The average Bonchev–Trinajstić information content (AvgIpc) is 3.12. The van der Waals surface area contributed by atoms with E-state index in [2.05, 4.69) is 152 Å². The summed E-state index contributed by atoms with van der Waals surface area (Å²) in [4.78, 5) is 10.5. The topological polar surface area (TPSA) is 25.8 Å². The molecule has 0 atom stereocenters. The van der Waals surface area contributed by atoms with Crippen molar-refractivity contribution in [1.82, 2.24) is 9.97 Å². The zero-order valence-electron chi connectivity index (χ0n) is 27.2. The van der Waals surface area contributed by atoms with Crippen molar-refractivity contribution in [3.05, 3.63) is 163 Å². The van der Waals surface area contributed by atoms with Crippen LogP contribution in [0.3, 0.4) is 0 Å². The molecule has 2 nitrogen and oxygen atoms in total. The lowest BCUT2D eigenvalue weighted by atomic mass is 9.88. The Morgan fingerprint density at radius 3 is 1.19 bits per heavy atom. The smallest absolute Gasteiger partial charge is 0.155 e. The molecule has 228 valence electrons. The molecular formula is C44H37N2S+. The minimum absolute atomic E-state index is 0.0794. The highest BCUT2D eigenvalue weighted by Gasteiger charge is 2.19. The van der Waals surface area contributed by atoms with Crippen molar-refractivity contribution in [1.29, 1.82) is 0 Å². The van der Waals surface area contributed by atoms with Crippen molar-refractivity contribution in [2.75, 3.05) is 12.5 Å². The van der Waals surface area contributed by atoms with E-state index in [1.54, 1.807) is 0 Å². The second-order valence-electron chi connectivity index (χ2n) is 12.1. The predicted octanol–water partition coefficient (Wildman–Crippen LogP) is 11.3. The van der Waals surface area contributed by atoms with Gasteiger partial charge in [0.05, 0.1) is 11.4 Å². The van der Waals surface area contributed by atoms with Crippen LogP contribution in [0.25, 0.3) is 67.0 Å². The first-order chi connectivity index (χ1) is 23.0. The molecule has 2 aromatic heterocycles. The van der Waals surface area contributed by atoms with E-state index in [-0.39, 0.29) is 10.9 Å². The molecule has 2 heterocycles. The normalized spacial score (nSPS) is 11.2. The molecule has 0 bridgehead atoms. The summed E-state index contributed by atoms with van der Waals surface area (Å²) in [6.45, 7) is 4.40. The van der Waals surface area contributed by atoms with Gasteiger partial charge in [0, 0.05) is 46.5 Å². The summed E-state index contributed by atoms with van der Waals surface area (Å²) in [5, 5.41) is 0. The fourth-order valence-corrected chi connectivity index (χ4v) is 7.13. The van der Waals surface area contributed by atoms with Gasteiger partial charge in [0.15, 0.2) is 4.90 Å². The molecular weight excluding hydrogens is 589 g/mol. The van der Waals surface area contributed by atoms with E-state index in [0.717, 1.165) is 22.5 Å². The van der Waals surface area contributed by atoms with Crippen molar-refractivity contribution in [3.8, 4) is 67.0 Å². The van der Waals surface area contributed by atoms with Crippen LogP contribution in [-0.4, -0.2) is 22.5 Å². The van der Waals surface area contributed by atoms with Crippen LogP contribution in [0.2, 0.25) is 0 Å². The van der Waals surface area contributed by atoms with Crippen LogP contribution >= 0.6 is 0 Å². The van der Waals surface area contributed by atoms with Gasteiger partial charge in [-0.2, -0.15) is 0 Å². The van der Waals surface area contributed by atoms with Crippen molar-refractivity contribution < 1.29 is 0 Å². The lowest BCUT2D eigenvalue weighted by Crippen LogP contribution is -1.98. The molecule has 0 spiro atoms. The summed E-state index contributed by atoms with van der Waals surface area (Å²) < 4.78 is 0. The molecule has 0 N–H and O–H groups in total. The van der Waals surface area contributed by atoms with Crippen molar-refractivity contribution in [2.24, 2.45) is 0 Å². The average molecular weight is 626 g/mol. The van der Waals surface area contributed by atoms with Gasteiger partial charge in [0.2, 0.25) is 0 Å². The zero-order valence-corrected chi connectivity index (χ0v) is 28.1. The third-order valence-electron chi connectivity index (χ3n) is 8.81. The van der Waals surface area contributed by atoms with Gasteiger partial charge in [-0.1, -0.05) is 84.9 Å². The van der Waals surface area contributed by atoms with E-state index in [9.17, 15) is 0 Å². The van der Waals surface area contributed by atoms with E-state index in [0.29, 0.717) is 0 Å². The molecule has 7 aromatic rings. The highest BCUT2D eigenvalue weighted by Crippen LogP contribution is 2.41. The van der Waals surface area contributed by atoms with Crippen LogP contribution in [-0.2, 0) is 10.9 Å². The Morgan fingerprint density at radius 1 is 0.383 bits per heavy atom. The maximum atomic E-state index is 4.57. The second-order valence-corrected chi connectivity index (χ2v) is 14.2. The predicted molar refractivity (Wildman–Crippen MR) is 202 cm³/mol. The van der Waals surface area contributed by atoms with Crippen LogP contribution < -0.4 is 0 Å². The number of nitrogens with zero attached hydrogens (tertiary/aromatic N) is 2. The molecule has 0 fully saturated rings. The number of hydrogen-bond acceptors (Lipinski definition) is 2. The van der Waals surface area contributed by atoms with Crippen LogP contribution in [0.4, 0.5) is 0 Å². The molecule has 5 aromatic carbocycles. The highest BCUT2D eigenvalue weighted by molar-refractivity contribution is 7.95. The number of benzene rings is 5. The first kappa shape index (κ1) is 30.4. The van der Waals surface area contributed by atoms with Gasteiger partial charge in [-0.15, -0.1) is 0 Å². The lowest BCUT2D eigenvalue weighted by Gasteiger charge is -2.17. The van der Waals surface area contributed by atoms with E-state index in [1.165, 1.54) is 60.5 Å². The Morgan fingerprint density at radius 2 is 0.809 bits per heavy atom. The van der Waals surface area contributed by atoms with Crippen LogP contribution in [0.5, 0.6) is 0 Å². The zero-order chi connectivity index (χ0) is 32.3. The molecule has 47 heavy (non-hydrogen) atoms. The van der Waals surface area contributed by atoms with E-state index < -0.39 is 0 Å². The van der Waals surface area contributed by atoms with E-state index in [1.807, 2.05) is 36.7 Å². The van der Waals surface area contributed by atoms with Gasteiger partial charge < -0.3 is 0 Å². The third-order valence-corrected chi connectivity index (χ3v) is 9.99. The van der Waals surface area contributed by atoms with Crippen LogP contribution in [0.15, 0.2) is 157 Å². The number of aromatic nitrogens is 2. The van der Waals surface area contributed by atoms with Gasteiger partial charge >= 0.3 is 0 Å². The Kier molecular flexibility index (Phi) is 8.56. The summed E-state index contributed by atoms with van der Waals surface area (Å²) in [5.41, 5.74) is 16.6. The summed E-state index contributed by atoms with van der Waals surface area (Å²) >= 11 is 0. The van der Waals surface area contributed by atoms with Gasteiger partial charge in [0.1, 0.15) is 12.5 Å². The Labute approximate surface area is 281 Å². The second kappa shape index (κ2) is 13.2. The quantitative estimate of drug-likeness (QED) is 0.165. The third kappa shape index (κ3) is 6.27. The fraction of sp³-hybridized carbons (Fsp3) is 0.0909. The van der Waals surface area contributed by atoms with Crippen molar-refractivity contribution >= 4 is 10.9 Å². The molecule has 0 aliphatic heterocycles. The number of aryl methyl sites for hydroxylation is 2. The highest BCUT2D eigenvalue weighted by atomic mass is 32.2. The molecule has 0 aliphatic carbocycles. The van der Waals surface area contributed by atoms with Gasteiger partial charge in [-0.25, -0.2) is 0 Å². The Balaban J connectivity index is 1.33. The number of hydrogen-bond donors (Lipinski definition) is 0. The molecule has 0 amide bonds. The van der Waals surface area contributed by atoms with Gasteiger partial charge in [0.25, 0.3) is 0 Å². The number of pyridine rings is 2. The first-order valence-electron chi connectivity index (χ1n) is 15.9. The molecule has 0 unspecified atom stereocenters. The first-order valence-corrected chi connectivity index (χ1v) is 18.0. The maximum absolute atomic E-state index is 4.57. The molecule has 0 saturated heterocycles. The van der Waals surface area contributed by atoms with Crippen LogP contribution in [0, 0.1) is 13.8 Å². The van der Waals surface area contributed by atoms with Gasteiger partial charge in [-0.05, 0) is 112 Å². The fourth-order valence-electron chi connectivity index (χ4n) is 6.40. The minimum atomic E-state index is 0.0794. The minimum Gasteiger partial charge on any atom is -0.256 e. The Hall–Kier alpha value is -5.25. The molecule has 0 aliphatic rings. The number of rotatable bonds is 7. The molecule has 7 rings (SSSR count). The van der Waals surface area contributed by atoms with Gasteiger partial charge in [-0.3, -0.25) is 9.97 Å². The monoisotopic (exact) mass is 625 g/mol. The SMILES string of the molecule is Cc1cc(-c2ccccn2)ccc1-c1ccccc1-c1cc(-c2ccccc2-c2ccc(-c3ccccn3)cc2C)cc([S+](C)C)c1. The largest absolute Gasteiger partial charge is 0.256 e. The summed E-state index contributed by atoms with van der Waals surface area (Å²) in [6.07, 6.45) is 8.32. The molecule has 3 heteroatoms. The summed E-state index contributed by atoms with van der Waals surface area (Å²) in [5.74, 6) is 0. The Bertz CT molecular complexity index is 2040. The van der Waals surface area contributed by atoms with E-state index in [4.69, 9.17) is 0 Å². The maximum Gasteiger partial charge on any atom is 0.155 e. The summed E-state index contributed by atoms with van der Waals surface area (Å²) in [6, 6.07) is 50.3. The van der Waals surface area contributed by atoms with Crippen LogP contribution in [0.1, 0.15) is 11.1 Å². The standard InChI is InChI=1S/C44H37N2S/c1-30-25-32(43-17-9-11-23-45-43)19-21-37(30)41-15-7-5-13-39(41)34-27-35(29-36(28-34)47(3)4)40-14-6-8-16-42(40)38-22-20-33(26-31(38)2)44-18-10-12-24-46-44/h5-29H,1-4H3/q+1. The van der Waals surface area contributed by atoms with Crippen molar-refractivity contribution in [2.45, 2.75) is 18.7 Å². The van der Waals surface area contributed by atoms with Crippen molar-refractivity contribution in [3.63, 3.8) is 0 Å². The lowest BCUT2D eigenvalue weighted by molar-refractivity contribution is 1.32.